The number of H-pyrrole nitrogens is 1. The molecule has 1 fully saturated rings. The Kier molecular flexibility index (Phi) is 4.69. The van der Waals surface area contributed by atoms with Gasteiger partial charge in [0.1, 0.15) is 0 Å². The molecule has 1 amide bonds. The SMILES string of the molecule is C[C@H]1C[C@@H](C(=O)NCCc2c[nH]c3ccc(Cl)cc23)CCN1. The van der Waals surface area contributed by atoms with Crippen LogP contribution >= 0.6 is 11.6 Å². The maximum atomic E-state index is 12.2. The second-order valence-corrected chi connectivity index (χ2v) is 6.56. The first-order valence-corrected chi connectivity index (χ1v) is 8.28. The fourth-order valence-electron chi connectivity index (χ4n) is 3.19. The maximum Gasteiger partial charge on any atom is 0.223 e. The topological polar surface area (TPSA) is 56.9 Å². The minimum atomic E-state index is 0.147. The smallest absolute Gasteiger partial charge is 0.223 e. The van der Waals surface area contributed by atoms with Crippen molar-refractivity contribution < 1.29 is 4.79 Å². The summed E-state index contributed by atoms with van der Waals surface area (Å²) in [5, 5.41) is 8.32. The van der Waals surface area contributed by atoms with Gasteiger partial charge in [0.25, 0.3) is 0 Å². The lowest BCUT2D eigenvalue weighted by Gasteiger charge is -2.27. The summed E-state index contributed by atoms with van der Waals surface area (Å²) < 4.78 is 0. The van der Waals surface area contributed by atoms with Crippen LogP contribution in [0.2, 0.25) is 5.02 Å². The molecule has 1 aliphatic rings. The Labute approximate surface area is 135 Å². The average Bonchev–Trinajstić information content (AvgIpc) is 2.89. The molecule has 2 heterocycles. The van der Waals surface area contributed by atoms with E-state index in [-0.39, 0.29) is 11.8 Å². The zero-order valence-corrected chi connectivity index (χ0v) is 13.5. The molecule has 0 spiro atoms. The summed E-state index contributed by atoms with van der Waals surface area (Å²) in [6.07, 6.45) is 4.67. The predicted molar refractivity (Wildman–Crippen MR) is 90.2 cm³/mol. The van der Waals surface area contributed by atoms with Crippen molar-refractivity contribution >= 4 is 28.4 Å². The first kappa shape index (κ1) is 15.4. The molecule has 1 saturated heterocycles. The number of aromatic nitrogens is 1. The van der Waals surface area contributed by atoms with Gasteiger partial charge in [0, 0.05) is 40.6 Å². The molecule has 4 nitrogen and oxygen atoms in total. The van der Waals surface area contributed by atoms with E-state index in [9.17, 15) is 4.79 Å². The number of rotatable bonds is 4. The number of hydrogen-bond acceptors (Lipinski definition) is 2. The second kappa shape index (κ2) is 6.71. The van der Waals surface area contributed by atoms with E-state index >= 15 is 0 Å². The monoisotopic (exact) mass is 319 g/mol. The van der Waals surface area contributed by atoms with E-state index in [1.807, 2.05) is 24.4 Å². The quantitative estimate of drug-likeness (QED) is 0.811. The Morgan fingerprint density at radius 2 is 2.32 bits per heavy atom. The van der Waals surface area contributed by atoms with Crippen molar-refractivity contribution in [1.29, 1.82) is 0 Å². The zero-order valence-electron chi connectivity index (χ0n) is 12.8. The van der Waals surface area contributed by atoms with Crippen molar-refractivity contribution in [3.05, 3.63) is 35.0 Å². The van der Waals surface area contributed by atoms with E-state index in [4.69, 9.17) is 11.6 Å². The molecule has 1 aromatic carbocycles. The van der Waals surface area contributed by atoms with Crippen molar-refractivity contribution in [1.82, 2.24) is 15.6 Å². The van der Waals surface area contributed by atoms with Crippen LogP contribution < -0.4 is 10.6 Å². The first-order valence-electron chi connectivity index (χ1n) is 7.90. The van der Waals surface area contributed by atoms with E-state index in [0.717, 1.165) is 41.7 Å². The fourth-order valence-corrected chi connectivity index (χ4v) is 3.36. The molecule has 1 aromatic heterocycles. The van der Waals surface area contributed by atoms with Gasteiger partial charge in [0.05, 0.1) is 0 Å². The number of aromatic amines is 1. The summed E-state index contributed by atoms with van der Waals surface area (Å²) >= 11 is 6.06. The van der Waals surface area contributed by atoms with Crippen LogP contribution in [-0.4, -0.2) is 30.0 Å². The van der Waals surface area contributed by atoms with Crippen LogP contribution in [0.25, 0.3) is 10.9 Å². The van der Waals surface area contributed by atoms with Gasteiger partial charge in [-0.15, -0.1) is 0 Å². The molecule has 1 aliphatic heterocycles. The molecule has 2 atom stereocenters. The lowest BCUT2D eigenvalue weighted by atomic mass is 9.92. The van der Waals surface area contributed by atoms with Crippen LogP contribution in [0, 0.1) is 5.92 Å². The highest BCUT2D eigenvalue weighted by molar-refractivity contribution is 6.31. The molecule has 3 N–H and O–H groups in total. The third-order valence-electron chi connectivity index (χ3n) is 4.42. The molecule has 0 aliphatic carbocycles. The summed E-state index contributed by atoms with van der Waals surface area (Å²) in [5.74, 6) is 0.333. The van der Waals surface area contributed by atoms with Crippen LogP contribution in [0.3, 0.4) is 0 Å². The summed E-state index contributed by atoms with van der Waals surface area (Å²) in [5.41, 5.74) is 2.27. The van der Waals surface area contributed by atoms with Crippen molar-refractivity contribution in [2.24, 2.45) is 5.92 Å². The molecule has 0 saturated carbocycles. The van der Waals surface area contributed by atoms with Crippen molar-refractivity contribution in [3.63, 3.8) is 0 Å². The van der Waals surface area contributed by atoms with Crippen LogP contribution in [-0.2, 0) is 11.2 Å². The van der Waals surface area contributed by atoms with Gasteiger partial charge in [0.15, 0.2) is 0 Å². The molecular weight excluding hydrogens is 298 g/mol. The molecule has 22 heavy (non-hydrogen) atoms. The van der Waals surface area contributed by atoms with E-state index < -0.39 is 0 Å². The third kappa shape index (κ3) is 3.45. The molecule has 118 valence electrons. The normalized spacial score (nSPS) is 21.9. The highest BCUT2D eigenvalue weighted by Gasteiger charge is 2.24. The van der Waals surface area contributed by atoms with Gasteiger partial charge in [-0.1, -0.05) is 11.6 Å². The van der Waals surface area contributed by atoms with E-state index in [1.165, 1.54) is 5.56 Å². The minimum absolute atomic E-state index is 0.147. The Hall–Kier alpha value is -1.52. The Bertz CT molecular complexity index is 667. The van der Waals surface area contributed by atoms with Crippen LogP contribution in [0.1, 0.15) is 25.3 Å². The van der Waals surface area contributed by atoms with E-state index in [1.54, 1.807) is 0 Å². The Morgan fingerprint density at radius 1 is 1.45 bits per heavy atom. The van der Waals surface area contributed by atoms with Gasteiger partial charge in [-0.2, -0.15) is 0 Å². The molecule has 0 unspecified atom stereocenters. The molecule has 5 heteroatoms. The lowest BCUT2D eigenvalue weighted by molar-refractivity contribution is -0.126. The highest BCUT2D eigenvalue weighted by Crippen LogP contribution is 2.22. The summed E-state index contributed by atoms with van der Waals surface area (Å²) in [7, 11) is 0. The third-order valence-corrected chi connectivity index (χ3v) is 4.65. The number of halogens is 1. The molecule has 0 radical (unpaired) electrons. The number of hydrogen-bond donors (Lipinski definition) is 3. The number of piperidine rings is 1. The first-order chi connectivity index (χ1) is 10.6. The maximum absolute atomic E-state index is 12.2. The van der Waals surface area contributed by atoms with Crippen molar-refractivity contribution in [2.75, 3.05) is 13.1 Å². The lowest BCUT2D eigenvalue weighted by Crippen LogP contribution is -2.42. The number of carbonyl (C=O) groups excluding carboxylic acids is 1. The van der Waals surface area contributed by atoms with Crippen molar-refractivity contribution in [3.8, 4) is 0 Å². The average molecular weight is 320 g/mol. The van der Waals surface area contributed by atoms with Gasteiger partial charge >= 0.3 is 0 Å². The summed E-state index contributed by atoms with van der Waals surface area (Å²) in [6.45, 7) is 3.73. The van der Waals surface area contributed by atoms with Gasteiger partial charge < -0.3 is 15.6 Å². The number of carbonyl (C=O) groups is 1. The Balaban J connectivity index is 1.55. The number of nitrogens with one attached hydrogen (secondary N) is 3. The number of benzene rings is 1. The second-order valence-electron chi connectivity index (χ2n) is 6.12. The predicted octanol–water partition coefficient (Wildman–Crippen LogP) is 2.87. The molecular formula is C17H22ClN3O. The molecule has 0 bridgehead atoms. The van der Waals surface area contributed by atoms with E-state index in [0.29, 0.717) is 12.6 Å². The van der Waals surface area contributed by atoms with Crippen LogP contribution in [0.15, 0.2) is 24.4 Å². The fraction of sp³-hybridized carbons (Fsp3) is 0.471. The number of amides is 1. The summed E-state index contributed by atoms with van der Waals surface area (Å²) in [4.78, 5) is 15.5. The highest BCUT2D eigenvalue weighted by atomic mass is 35.5. The van der Waals surface area contributed by atoms with Gasteiger partial charge in [0.2, 0.25) is 5.91 Å². The van der Waals surface area contributed by atoms with Crippen LogP contribution in [0.4, 0.5) is 0 Å². The summed E-state index contributed by atoms with van der Waals surface area (Å²) in [6, 6.07) is 6.26. The van der Waals surface area contributed by atoms with Crippen LogP contribution in [0.5, 0.6) is 0 Å². The standard InChI is InChI=1S/C17H22ClN3O/c1-11-8-12(4-6-19-11)17(22)20-7-5-13-10-21-16-3-2-14(18)9-15(13)16/h2-3,9-12,19,21H,4-8H2,1H3,(H,20,22)/t11-,12-/m0/s1. The molecule has 2 aromatic rings. The van der Waals surface area contributed by atoms with E-state index in [2.05, 4.69) is 22.5 Å². The van der Waals surface area contributed by atoms with Gasteiger partial charge in [-0.25, -0.2) is 0 Å². The van der Waals surface area contributed by atoms with Gasteiger partial charge in [-0.3, -0.25) is 4.79 Å². The largest absolute Gasteiger partial charge is 0.361 e. The number of fused-ring (bicyclic) bond motifs is 1. The Morgan fingerprint density at radius 3 is 3.14 bits per heavy atom. The molecule has 3 rings (SSSR count). The zero-order chi connectivity index (χ0) is 15.5. The van der Waals surface area contributed by atoms with Gasteiger partial charge in [-0.05, 0) is 56.5 Å². The van der Waals surface area contributed by atoms with Crippen molar-refractivity contribution in [2.45, 2.75) is 32.2 Å². The minimum Gasteiger partial charge on any atom is -0.361 e.